The van der Waals surface area contributed by atoms with Gasteiger partial charge in [-0.2, -0.15) is 5.26 Å². The molecule has 1 fully saturated rings. The predicted molar refractivity (Wildman–Crippen MR) is 119 cm³/mol. The lowest BCUT2D eigenvalue weighted by molar-refractivity contribution is -0.126. The largest absolute Gasteiger partial charge is 0.418 e. The molecule has 32 heavy (non-hydrogen) atoms. The first-order valence-corrected chi connectivity index (χ1v) is 11.1. The first kappa shape index (κ1) is 21.5. The van der Waals surface area contributed by atoms with E-state index in [9.17, 15) is 9.59 Å². The summed E-state index contributed by atoms with van der Waals surface area (Å²) >= 11 is 1.47. The van der Waals surface area contributed by atoms with Gasteiger partial charge in [-0.1, -0.05) is 12.1 Å². The number of thiazole rings is 1. The number of nitriles is 1. The first-order valence-electron chi connectivity index (χ1n) is 10.2. The van der Waals surface area contributed by atoms with Gasteiger partial charge in [-0.05, 0) is 25.0 Å². The second-order valence-electron chi connectivity index (χ2n) is 7.40. The lowest BCUT2D eigenvalue weighted by Gasteiger charge is -2.31. The molecule has 0 saturated carbocycles. The van der Waals surface area contributed by atoms with Crippen molar-refractivity contribution in [1.82, 2.24) is 20.2 Å². The van der Waals surface area contributed by atoms with E-state index in [2.05, 4.69) is 26.7 Å². The third-order valence-corrected chi connectivity index (χ3v) is 6.13. The Morgan fingerprint density at radius 3 is 2.88 bits per heavy atom. The number of amides is 2. The van der Waals surface area contributed by atoms with E-state index in [1.807, 2.05) is 17.5 Å². The van der Waals surface area contributed by atoms with E-state index in [1.54, 1.807) is 24.1 Å². The molecule has 1 aliphatic rings. The maximum absolute atomic E-state index is 12.7. The van der Waals surface area contributed by atoms with Crippen molar-refractivity contribution in [3.63, 3.8) is 0 Å². The number of oxazole rings is 1. The fourth-order valence-electron chi connectivity index (χ4n) is 3.57. The van der Waals surface area contributed by atoms with Crippen molar-refractivity contribution in [3.05, 3.63) is 52.2 Å². The van der Waals surface area contributed by atoms with Gasteiger partial charge in [-0.15, -0.1) is 11.3 Å². The van der Waals surface area contributed by atoms with E-state index in [0.29, 0.717) is 25.2 Å². The third-order valence-electron chi connectivity index (χ3n) is 5.29. The van der Waals surface area contributed by atoms with E-state index >= 15 is 0 Å². The molecule has 0 radical (unpaired) electrons. The first-order chi connectivity index (χ1) is 15.6. The summed E-state index contributed by atoms with van der Waals surface area (Å²) in [4.78, 5) is 35.6. The number of hydrogen-bond acceptors (Lipinski definition) is 8. The topological polar surface area (TPSA) is 124 Å². The monoisotopic (exact) mass is 450 g/mol. The second-order valence-corrected chi connectivity index (χ2v) is 8.35. The lowest BCUT2D eigenvalue weighted by atomic mass is 9.97. The van der Waals surface area contributed by atoms with Gasteiger partial charge in [0.1, 0.15) is 5.01 Å². The zero-order valence-corrected chi connectivity index (χ0v) is 18.3. The maximum atomic E-state index is 12.7. The third kappa shape index (κ3) is 4.78. The van der Waals surface area contributed by atoms with Crippen LogP contribution < -0.4 is 10.6 Å². The molecule has 1 atom stereocenters. The van der Waals surface area contributed by atoms with Crippen LogP contribution in [-0.4, -0.2) is 46.8 Å². The Balaban J connectivity index is 1.32. The van der Waals surface area contributed by atoms with E-state index < -0.39 is 0 Å². The Kier molecular flexibility index (Phi) is 6.47. The summed E-state index contributed by atoms with van der Waals surface area (Å²) in [5.41, 5.74) is 2.33. The fourth-order valence-corrected chi connectivity index (χ4v) is 4.31. The minimum absolute atomic E-state index is 0.0916. The van der Waals surface area contributed by atoms with Crippen LogP contribution in [0.2, 0.25) is 0 Å². The van der Waals surface area contributed by atoms with E-state index in [-0.39, 0.29) is 29.5 Å². The van der Waals surface area contributed by atoms with Gasteiger partial charge in [0.25, 0.3) is 11.9 Å². The number of likely N-dealkylation sites (tertiary alicyclic amines) is 1. The van der Waals surface area contributed by atoms with Crippen LogP contribution in [0.1, 0.15) is 34.0 Å². The molecular weight excluding hydrogens is 428 g/mol. The summed E-state index contributed by atoms with van der Waals surface area (Å²) in [6.45, 7) is 1.26. The van der Waals surface area contributed by atoms with Crippen LogP contribution in [0.5, 0.6) is 0 Å². The summed E-state index contributed by atoms with van der Waals surface area (Å²) in [5, 5.41) is 17.3. The van der Waals surface area contributed by atoms with Crippen molar-refractivity contribution < 1.29 is 14.0 Å². The van der Waals surface area contributed by atoms with Crippen LogP contribution in [0.15, 0.2) is 40.3 Å². The highest BCUT2D eigenvalue weighted by Gasteiger charge is 2.30. The number of piperidine rings is 1. The average molecular weight is 451 g/mol. The van der Waals surface area contributed by atoms with Gasteiger partial charge < -0.3 is 20.0 Å². The quantitative estimate of drug-likeness (QED) is 0.592. The molecule has 0 bridgehead atoms. The zero-order valence-electron chi connectivity index (χ0n) is 17.5. The number of carbonyl (C=O) groups excluding carboxylic acids is 2. The van der Waals surface area contributed by atoms with Crippen molar-refractivity contribution in [2.45, 2.75) is 19.4 Å². The highest BCUT2D eigenvalue weighted by molar-refractivity contribution is 7.09. The van der Waals surface area contributed by atoms with Crippen molar-refractivity contribution in [2.75, 3.05) is 25.5 Å². The molecule has 0 unspecified atom stereocenters. The molecule has 1 aromatic carbocycles. The summed E-state index contributed by atoms with van der Waals surface area (Å²) in [7, 11) is 1.66. The second kappa shape index (κ2) is 9.62. The lowest BCUT2D eigenvalue weighted by Crippen LogP contribution is -2.45. The number of anilines is 1. The molecule has 164 valence electrons. The molecule has 3 heterocycles. The normalized spacial score (nSPS) is 15.8. The number of hydrogen-bond donors (Lipinski definition) is 2. The standard InChI is InChI=1S/C22H22N6O3S/c1-24-22-26-10-18(31-22)21(30)28-8-2-3-16(12-28)20(29)25-11-19-27-17(13-32-19)15-6-4-14(9-23)5-7-15/h4-7,10,13,16H,2-3,8,11-12H2,1H3,(H,24,26)(H,25,29)/t16-/m0/s1. The van der Waals surface area contributed by atoms with Crippen LogP contribution in [0, 0.1) is 17.2 Å². The maximum Gasteiger partial charge on any atom is 0.294 e. The van der Waals surface area contributed by atoms with Crippen LogP contribution in [0.3, 0.4) is 0 Å². The molecule has 0 aliphatic carbocycles. The summed E-state index contributed by atoms with van der Waals surface area (Å²) in [6, 6.07) is 9.60. The van der Waals surface area contributed by atoms with Gasteiger partial charge >= 0.3 is 0 Å². The van der Waals surface area contributed by atoms with Crippen LogP contribution in [-0.2, 0) is 11.3 Å². The molecule has 1 saturated heterocycles. The number of nitrogens with zero attached hydrogens (tertiary/aromatic N) is 4. The highest BCUT2D eigenvalue weighted by Crippen LogP contribution is 2.23. The van der Waals surface area contributed by atoms with Crippen molar-refractivity contribution in [3.8, 4) is 17.3 Å². The van der Waals surface area contributed by atoms with Crippen molar-refractivity contribution >= 4 is 29.2 Å². The van der Waals surface area contributed by atoms with E-state index in [4.69, 9.17) is 9.68 Å². The minimum atomic E-state index is -0.280. The molecule has 2 amide bonds. The van der Waals surface area contributed by atoms with Crippen LogP contribution >= 0.6 is 11.3 Å². The fraction of sp³-hybridized carbons (Fsp3) is 0.318. The molecule has 2 aromatic heterocycles. The Morgan fingerprint density at radius 2 is 2.16 bits per heavy atom. The average Bonchev–Trinajstić information content (AvgIpc) is 3.52. The Bertz CT molecular complexity index is 1150. The van der Waals surface area contributed by atoms with Gasteiger partial charge in [-0.25, -0.2) is 9.97 Å². The molecule has 4 rings (SSSR count). The highest BCUT2D eigenvalue weighted by atomic mass is 32.1. The SMILES string of the molecule is CNc1ncc(C(=O)N2CCC[C@H](C(=O)NCc3nc(-c4ccc(C#N)cc4)cs3)C2)o1. The number of carbonyl (C=O) groups is 2. The molecule has 0 spiro atoms. The van der Waals surface area contributed by atoms with Gasteiger partial charge in [-0.3, -0.25) is 9.59 Å². The molecule has 2 N–H and O–H groups in total. The summed E-state index contributed by atoms with van der Waals surface area (Å²) in [6.07, 6.45) is 2.87. The van der Waals surface area contributed by atoms with Gasteiger partial charge in [0.15, 0.2) is 0 Å². The van der Waals surface area contributed by atoms with E-state index in [1.165, 1.54) is 17.5 Å². The number of rotatable bonds is 6. The molecule has 9 nitrogen and oxygen atoms in total. The van der Waals surface area contributed by atoms with E-state index in [0.717, 1.165) is 29.1 Å². The Labute approximate surface area is 189 Å². The molecular formula is C22H22N6O3S. The predicted octanol–water partition coefficient (Wildman–Crippen LogP) is 2.88. The smallest absolute Gasteiger partial charge is 0.294 e. The number of nitrogens with one attached hydrogen (secondary N) is 2. The van der Waals surface area contributed by atoms with Crippen molar-refractivity contribution in [2.24, 2.45) is 5.92 Å². The minimum Gasteiger partial charge on any atom is -0.418 e. The molecule has 3 aromatic rings. The molecule has 10 heteroatoms. The molecule has 1 aliphatic heterocycles. The van der Waals surface area contributed by atoms with Gasteiger partial charge in [0.05, 0.1) is 36.0 Å². The van der Waals surface area contributed by atoms with Crippen LogP contribution in [0.4, 0.5) is 6.01 Å². The summed E-state index contributed by atoms with van der Waals surface area (Å²) in [5.74, 6) is -0.472. The Hall–Kier alpha value is -3.71. The van der Waals surface area contributed by atoms with Crippen LogP contribution in [0.25, 0.3) is 11.3 Å². The number of aromatic nitrogens is 2. The summed E-state index contributed by atoms with van der Waals surface area (Å²) < 4.78 is 5.36. The van der Waals surface area contributed by atoms with Gasteiger partial charge in [0.2, 0.25) is 11.7 Å². The Morgan fingerprint density at radius 1 is 1.34 bits per heavy atom. The van der Waals surface area contributed by atoms with Crippen molar-refractivity contribution in [1.29, 1.82) is 5.26 Å². The zero-order chi connectivity index (χ0) is 22.5. The number of benzene rings is 1. The van der Waals surface area contributed by atoms with Gasteiger partial charge in [0, 0.05) is 31.1 Å².